The molecule has 2 N–H and O–H groups in total. The Morgan fingerprint density at radius 2 is 1.75 bits per heavy atom. The van der Waals surface area contributed by atoms with Crippen molar-refractivity contribution in [2.75, 3.05) is 26.2 Å². The van der Waals surface area contributed by atoms with Gasteiger partial charge in [0.2, 0.25) is 0 Å². The van der Waals surface area contributed by atoms with Gasteiger partial charge < -0.3 is 20.0 Å². The Labute approximate surface area is 95.6 Å². The first-order valence-corrected chi connectivity index (χ1v) is 5.98. The lowest BCUT2D eigenvalue weighted by molar-refractivity contribution is 0.0572. The molecule has 92 valence electrons. The minimum atomic E-state index is -0.786. The van der Waals surface area contributed by atoms with E-state index in [2.05, 4.69) is 6.92 Å². The minimum absolute atomic E-state index is 0.0397. The van der Waals surface area contributed by atoms with Crippen LogP contribution in [0.2, 0.25) is 0 Å². The molecule has 3 unspecified atom stereocenters. The molecule has 0 spiro atoms. The number of hydrogen-bond acceptors (Lipinski definition) is 3. The van der Waals surface area contributed by atoms with Crippen LogP contribution in [-0.2, 0) is 0 Å². The molecule has 2 fully saturated rings. The summed E-state index contributed by atoms with van der Waals surface area (Å²) in [4.78, 5) is 15.4. The first-order valence-electron chi connectivity index (χ1n) is 5.98. The van der Waals surface area contributed by atoms with Gasteiger partial charge in [0.25, 0.3) is 0 Å². The van der Waals surface area contributed by atoms with Gasteiger partial charge in [0.1, 0.15) is 0 Å². The Balaban J connectivity index is 1.92. The van der Waals surface area contributed by atoms with Crippen molar-refractivity contribution < 1.29 is 15.0 Å². The molecule has 0 bridgehead atoms. The normalized spacial score (nSPS) is 35.6. The predicted octanol–water partition coefficient (Wildman–Crippen LogP) is -0.124. The third-order valence-electron chi connectivity index (χ3n) is 3.46. The highest BCUT2D eigenvalue weighted by molar-refractivity contribution is 5.75. The second-order valence-corrected chi connectivity index (χ2v) is 5.02. The minimum Gasteiger partial charge on any atom is -0.388 e. The summed E-state index contributed by atoms with van der Waals surface area (Å²) in [5, 5.41) is 18.8. The highest BCUT2D eigenvalue weighted by atomic mass is 16.3. The van der Waals surface area contributed by atoms with E-state index in [1.807, 2.05) is 4.90 Å². The van der Waals surface area contributed by atoms with Crippen molar-refractivity contribution in [3.8, 4) is 0 Å². The molecule has 2 aliphatic heterocycles. The Bertz CT molecular complexity index is 255. The number of rotatable bonds is 0. The second kappa shape index (κ2) is 4.59. The zero-order valence-corrected chi connectivity index (χ0v) is 9.67. The molecule has 2 amide bonds. The zero-order chi connectivity index (χ0) is 11.7. The smallest absolute Gasteiger partial charge is 0.320 e. The second-order valence-electron chi connectivity index (χ2n) is 5.02. The molecule has 0 aromatic carbocycles. The van der Waals surface area contributed by atoms with Crippen LogP contribution in [-0.4, -0.2) is 64.4 Å². The Morgan fingerprint density at radius 1 is 1.12 bits per heavy atom. The van der Waals surface area contributed by atoms with Gasteiger partial charge in [0.15, 0.2) is 0 Å². The number of β-amino-alcohol motifs (C(OH)–C–C–N with tert-alkyl or cyclic N) is 2. The molecule has 0 aromatic heterocycles. The van der Waals surface area contributed by atoms with Crippen LogP contribution in [0.3, 0.4) is 0 Å². The fourth-order valence-electron chi connectivity index (χ4n) is 2.49. The number of hydrogen-bond donors (Lipinski definition) is 2. The number of aliphatic hydroxyl groups is 2. The number of likely N-dealkylation sites (tertiary alicyclic amines) is 2. The van der Waals surface area contributed by atoms with Crippen LogP contribution < -0.4 is 0 Å². The highest BCUT2D eigenvalue weighted by Crippen LogP contribution is 2.19. The van der Waals surface area contributed by atoms with Gasteiger partial charge in [0, 0.05) is 13.1 Å². The maximum absolute atomic E-state index is 12.1. The van der Waals surface area contributed by atoms with E-state index in [0.29, 0.717) is 5.92 Å². The van der Waals surface area contributed by atoms with Crippen LogP contribution in [0.1, 0.15) is 19.8 Å². The first-order chi connectivity index (χ1) is 7.58. The lowest BCUT2D eigenvalue weighted by Gasteiger charge is -2.33. The molecule has 0 aliphatic carbocycles. The molecule has 0 aromatic rings. The van der Waals surface area contributed by atoms with Gasteiger partial charge in [-0.15, -0.1) is 0 Å². The molecule has 5 heteroatoms. The van der Waals surface area contributed by atoms with Gasteiger partial charge in [-0.1, -0.05) is 6.92 Å². The third-order valence-corrected chi connectivity index (χ3v) is 3.46. The SMILES string of the molecule is CC1CCCN(C(=O)N2CC(O)C(O)C2)C1. The number of nitrogens with zero attached hydrogens (tertiary/aromatic N) is 2. The Morgan fingerprint density at radius 3 is 2.31 bits per heavy atom. The summed E-state index contributed by atoms with van der Waals surface area (Å²) in [6.45, 7) is 4.25. The van der Waals surface area contributed by atoms with Crippen LogP contribution in [0.15, 0.2) is 0 Å². The van der Waals surface area contributed by atoms with Crippen molar-refractivity contribution in [1.82, 2.24) is 9.80 Å². The van der Waals surface area contributed by atoms with Crippen molar-refractivity contribution in [3.63, 3.8) is 0 Å². The summed E-state index contributed by atoms with van der Waals surface area (Å²) < 4.78 is 0. The summed E-state index contributed by atoms with van der Waals surface area (Å²) in [5.74, 6) is 0.551. The molecule has 2 heterocycles. The molecular weight excluding hydrogens is 208 g/mol. The molecule has 2 rings (SSSR count). The van der Waals surface area contributed by atoms with Crippen LogP contribution >= 0.6 is 0 Å². The van der Waals surface area contributed by atoms with E-state index in [-0.39, 0.29) is 19.1 Å². The van der Waals surface area contributed by atoms with E-state index in [1.54, 1.807) is 4.90 Å². The standard InChI is InChI=1S/C11H20N2O3/c1-8-3-2-4-12(5-8)11(16)13-6-9(14)10(15)7-13/h8-10,14-15H,2-7H2,1H3. The largest absolute Gasteiger partial charge is 0.388 e. The topological polar surface area (TPSA) is 64.0 Å². The summed E-state index contributed by atoms with van der Waals surface area (Å²) in [5.41, 5.74) is 0. The summed E-state index contributed by atoms with van der Waals surface area (Å²) in [7, 11) is 0. The van der Waals surface area contributed by atoms with Crippen LogP contribution in [0.25, 0.3) is 0 Å². The van der Waals surface area contributed by atoms with Crippen LogP contribution in [0.5, 0.6) is 0 Å². The van der Waals surface area contributed by atoms with Crippen molar-refractivity contribution >= 4 is 6.03 Å². The number of amides is 2. The van der Waals surface area contributed by atoms with E-state index in [4.69, 9.17) is 0 Å². The van der Waals surface area contributed by atoms with Gasteiger partial charge in [0.05, 0.1) is 25.3 Å². The van der Waals surface area contributed by atoms with Gasteiger partial charge in [-0.05, 0) is 18.8 Å². The zero-order valence-electron chi connectivity index (χ0n) is 9.67. The van der Waals surface area contributed by atoms with E-state index < -0.39 is 12.2 Å². The fourth-order valence-corrected chi connectivity index (χ4v) is 2.49. The average Bonchev–Trinajstić information content (AvgIpc) is 2.58. The number of piperidine rings is 1. The average molecular weight is 228 g/mol. The van der Waals surface area contributed by atoms with Gasteiger partial charge in [-0.25, -0.2) is 4.79 Å². The molecule has 2 aliphatic rings. The number of aliphatic hydroxyl groups excluding tert-OH is 2. The summed E-state index contributed by atoms with van der Waals surface area (Å²) in [6, 6.07) is -0.0397. The van der Waals surface area contributed by atoms with E-state index >= 15 is 0 Å². The predicted molar refractivity (Wildman–Crippen MR) is 59.0 cm³/mol. The van der Waals surface area contributed by atoms with Gasteiger partial charge >= 0.3 is 6.03 Å². The number of carbonyl (C=O) groups is 1. The molecule has 3 atom stereocenters. The highest BCUT2D eigenvalue weighted by Gasteiger charge is 2.35. The lowest BCUT2D eigenvalue weighted by atomic mass is 10.0. The van der Waals surface area contributed by atoms with E-state index in [9.17, 15) is 15.0 Å². The molecule has 0 saturated carbocycles. The summed E-state index contributed by atoms with van der Waals surface area (Å²) in [6.07, 6.45) is 0.651. The van der Waals surface area contributed by atoms with Crippen molar-refractivity contribution in [3.05, 3.63) is 0 Å². The van der Waals surface area contributed by atoms with Crippen molar-refractivity contribution in [2.45, 2.75) is 32.0 Å². The summed E-state index contributed by atoms with van der Waals surface area (Å²) >= 11 is 0. The van der Waals surface area contributed by atoms with Gasteiger partial charge in [-0.3, -0.25) is 0 Å². The molecule has 5 nitrogen and oxygen atoms in total. The molecule has 0 radical (unpaired) electrons. The van der Waals surface area contributed by atoms with Crippen molar-refractivity contribution in [1.29, 1.82) is 0 Å². The molecular formula is C11H20N2O3. The quantitative estimate of drug-likeness (QED) is 0.607. The molecule has 2 saturated heterocycles. The third kappa shape index (κ3) is 2.30. The van der Waals surface area contributed by atoms with Gasteiger partial charge in [-0.2, -0.15) is 0 Å². The first kappa shape index (κ1) is 11.7. The Kier molecular flexibility index (Phi) is 3.35. The van der Waals surface area contributed by atoms with Crippen LogP contribution in [0, 0.1) is 5.92 Å². The van der Waals surface area contributed by atoms with E-state index in [0.717, 1.165) is 19.5 Å². The van der Waals surface area contributed by atoms with Crippen LogP contribution in [0.4, 0.5) is 4.79 Å². The number of carbonyl (C=O) groups excluding carboxylic acids is 1. The maximum Gasteiger partial charge on any atom is 0.320 e. The fraction of sp³-hybridized carbons (Fsp3) is 0.909. The maximum atomic E-state index is 12.1. The molecule has 16 heavy (non-hydrogen) atoms. The lowest BCUT2D eigenvalue weighted by Crippen LogP contribution is -2.46. The monoisotopic (exact) mass is 228 g/mol. The van der Waals surface area contributed by atoms with Crippen molar-refractivity contribution in [2.24, 2.45) is 5.92 Å². The Hall–Kier alpha value is -0.810. The number of urea groups is 1. The van der Waals surface area contributed by atoms with E-state index in [1.165, 1.54) is 6.42 Å².